The van der Waals surface area contributed by atoms with E-state index in [0.717, 1.165) is 5.69 Å². The van der Waals surface area contributed by atoms with Crippen molar-refractivity contribution in [3.05, 3.63) is 16.6 Å². The molecule has 0 saturated carbocycles. The molecule has 1 fully saturated rings. The zero-order valence-electron chi connectivity index (χ0n) is 10.7. The molecule has 1 aromatic rings. The van der Waals surface area contributed by atoms with Crippen LogP contribution in [0.25, 0.3) is 0 Å². The van der Waals surface area contributed by atoms with Gasteiger partial charge in [0, 0.05) is 31.4 Å². The van der Waals surface area contributed by atoms with Crippen molar-refractivity contribution < 1.29 is 13.2 Å². The zero-order valence-corrected chi connectivity index (χ0v) is 12.3. The Kier molecular flexibility index (Phi) is 4.54. The zero-order chi connectivity index (χ0) is 13.9. The minimum absolute atomic E-state index is 0.0449. The van der Waals surface area contributed by atoms with Gasteiger partial charge in [0.25, 0.3) is 0 Å². The van der Waals surface area contributed by atoms with Crippen LogP contribution in [-0.2, 0) is 21.2 Å². The number of hydrogen-bond acceptors (Lipinski definition) is 6. The second-order valence-corrected chi connectivity index (χ2v) is 7.65. The smallest absolute Gasteiger partial charge is 0.224 e. The largest absolute Gasteiger partial charge is 0.340 e. The minimum atomic E-state index is -3.00. The summed E-state index contributed by atoms with van der Waals surface area (Å²) in [5, 5.41) is 4.98. The van der Waals surface area contributed by atoms with Gasteiger partial charge in [0.2, 0.25) is 5.91 Å². The third kappa shape index (κ3) is 4.26. The maximum Gasteiger partial charge on any atom is 0.224 e. The molecule has 0 spiro atoms. The second-order valence-electron chi connectivity index (χ2n) is 4.70. The molecule has 1 amide bonds. The van der Waals surface area contributed by atoms with E-state index in [4.69, 9.17) is 0 Å². The molecule has 1 aliphatic heterocycles. The predicted octanol–water partition coefficient (Wildman–Crippen LogP) is -0.122. The fourth-order valence-electron chi connectivity index (χ4n) is 2.01. The van der Waals surface area contributed by atoms with Gasteiger partial charge in [0.15, 0.2) is 9.84 Å². The number of aromatic nitrogens is 1. The molecule has 1 N–H and O–H groups in total. The van der Waals surface area contributed by atoms with Crippen LogP contribution >= 0.6 is 11.3 Å². The third-order valence-corrected chi connectivity index (χ3v) is 5.40. The fraction of sp³-hybridized carbons (Fsp3) is 0.636. The Hall–Kier alpha value is -0.990. The van der Waals surface area contributed by atoms with Crippen LogP contribution < -0.4 is 5.32 Å². The molecule has 0 radical (unpaired) electrons. The van der Waals surface area contributed by atoms with E-state index in [1.807, 2.05) is 5.38 Å². The maximum absolute atomic E-state index is 12.0. The lowest BCUT2D eigenvalue weighted by Gasteiger charge is -2.25. The molecule has 8 heteroatoms. The molecule has 1 unspecified atom stereocenters. The lowest BCUT2D eigenvalue weighted by Crippen LogP contribution is -2.47. The van der Waals surface area contributed by atoms with Crippen molar-refractivity contribution in [3.63, 3.8) is 0 Å². The first-order valence-electron chi connectivity index (χ1n) is 6.01. The van der Waals surface area contributed by atoms with Crippen LogP contribution in [0.3, 0.4) is 0 Å². The summed E-state index contributed by atoms with van der Waals surface area (Å²) < 4.78 is 23.0. The van der Waals surface area contributed by atoms with Gasteiger partial charge in [-0.2, -0.15) is 0 Å². The summed E-state index contributed by atoms with van der Waals surface area (Å²) in [5.41, 5.74) is 2.58. The van der Waals surface area contributed by atoms with Crippen LogP contribution in [0.15, 0.2) is 10.9 Å². The van der Waals surface area contributed by atoms with Gasteiger partial charge < -0.3 is 10.2 Å². The Morgan fingerprint density at radius 1 is 1.63 bits per heavy atom. The Bertz CT molecular complexity index is 527. The van der Waals surface area contributed by atoms with Gasteiger partial charge in [-0.1, -0.05) is 0 Å². The number of nitrogens with one attached hydrogen (secondary N) is 1. The highest BCUT2D eigenvalue weighted by atomic mass is 32.2. The molecule has 1 aromatic heterocycles. The lowest BCUT2D eigenvalue weighted by atomic mass is 10.2. The summed E-state index contributed by atoms with van der Waals surface area (Å²) >= 11 is 1.49. The SMILES string of the molecule is CN(Cc1cscn1)C(=O)CC1CS(=O)(=O)CCN1. The van der Waals surface area contributed by atoms with Crippen LogP contribution in [0.1, 0.15) is 12.1 Å². The molecule has 2 rings (SSSR count). The normalized spacial score (nSPS) is 22.1. The van der Waals surface area contributed by atoms with E-state index in [2.05, 4.69) is 10.3 Å². The summed E-state index contributed by atoms with van der Waals surface area (Å²) in [6.07, 6.45) is 0.208. The van der Waals surface area contributed by atoms with Gasteiger partial charge in [0.1, 0.15) is 0 Å². The van der Waals surface area contributed by atoms with E-state index in [1.165, 1.54) is 11.3 Å². The van der Waals surface area contributed by atoms with Crippen molar-refractivity contribution in [2.45, 2.75) is 19.0 Å². The van der Waals surface area contributed by atoms with Crippen molar-refractivity contribution in [3.8, 4) is 0 Å². The number of rotatable bonds is 4. The van der Waals surface area contributed by atoms with E-state index in [0.29, 0.717) is 13.1 Å². The first kappa shape index (κ1) is 14.4. The topological polar surface area (TPSA) is 79.4 Å². The molecular weight excluding hydrogens is 286 g/mol. The first-order valence-corrected chi connectivity index (χ1v) is 8.77. The summed E-state index contributed by atoms with van der Waals surface area (Å²) in [5.74, 6) is 0.137. The second kappa shape index (κ2) is 5.98. The van der Waals surface area contributed by atoms with Gasteiger partial charge in [-0.25, -0.2) is 13.4 Å². The van der Waals surface area contributed by atoms with Gasteiger partial charge in [-0.05, 0) is 0 Å². The Morgan fingerprint density at radius 2 is 2.42 bits per heavy atom. The molecule has 19 heavy (non-hydrogen) atoms. The average Bonchev–Trinajstić information content (AvgIpc) is 2.80. The number of sulfone groups is 1. The molecule has 1 atom stereocenters. The number of carbonyl (C=O) groups excluding carboxylic acids is 1. The maximum atomic E-state index is 12.0. The summed E-state index contributed by atoms with van der Waals surface area (Å²) in [6.45, 7) is 0.887. The monoisotopic (exact) mass is 303 g/mol. The Labute approximate surface area is 116 Å². The van der Waals surface area contributed by atoms with Crippen LogP contribution in [0.2, 0.25) is 0 Å². The van der Waals surface area contributed by atoms with Crippen molar-refractivity contribution in [1.82, 2.24) is 15.2 Å². The molecule has 0 aliphatic carbocycles. The third-order valence-electron chi connectivity index (χ3n) is 3.03. The molecule has 6 nitrogen and oxygen atoms in total. The predicted molar refractivity (Wildman–Crippen MR) is 73.6 cm³/mol. The molecule has 0 aromatic carbocycles. The molecule has 1 aliphatic rings. The van der Waals surface area contributed by atoms with Gasteiger partial charge >= 0.3 is 0 Å². The van der Waals surface area contributed by atoms with E-state index < -0.39 is 9.84 Å². The quantitative estimate of drug-likeness (QED) is 0.839. The van der Waals surface area contributed by atoms with Crippen molar-refractivity contribution in [2.24, 2.45) is 0 Å². The lowest BCUT2D eigenvalue weighted by molar-refractivity contribution is -0.130. The average molecular weight is 303 g/mol. The molecule has 0 bridgehead atoms. The highest BCUT2D eigenvalue weighted by Crippen LogP contribution is 2.09. The van der Waals surface area contributed by atoms with E-state index >= 15 is 0 Å². The number of thiazole rings is 1. The van der Waals surface area contributed by atoms with Gasteiger partial charge in [-0.3, -0.25) is 4.79 Å². The van der Waals surface area contributed by atoms with Crippen LogP contribution in [0.5, 0.6) is 0 Å². The van der Waals surface area contributed by atoms with Crippen LogP contribution in [0, 0.1) is 0 Å². The van der Waals surface area contributed by atoms with Crippen molar-refractivity contribution in [2.75, 3.05) is 25.1 Å². The van der Waals surface area contributed by atoms with Crippen LogP contribution in [-0.4, -0.2) is 55.3 Å². The van der Waals surface area contributed by atoms with E-state index in [9.17, 15) is 13.2 Å². The molecule has 1 saturated heterocycles. The van der Waals surface area contributed by atoms with Crippen molar-refractivity contribution >= 4 is 27.1 Å². The number of amides is 1. The summed E-state index contributed by atoms with van der Waals surface area (Å²) in [4.78, 5) is 17.7. The Morgan fingerprint density at radius 3 is 3.05 bits per heavy atom. The van der Waals surface area contributed by atoms with E-state index in [1.54, 1.807) is 17.5 Å². The first-order chi connectivity index (χ1) is 8.96. The summed E-state index contributed by atoms with van der Waals surface area (Å²) in [6, 6.07) is -0.274. The van der Waals surface area contributed by atoms with Gasteiger partial charge in [0.05, 0.1) is 29.3 Å². The fourth-order valence-corrected chi connectivity index (χ4v) is 4.01. The highest BCUT2D eigenvalue weighted by molar-refractivity contribution is 7.91. The van der Waals surface area contributed by atoms with Crippen LogP contribution in [0.4, 0.5) is 0 Å². The number of carbonyl (C=O) groups is 1. The molecule has 106 valence electrons. The van der Waals surface area contributed by atoms with Gasteiger partial charge in [-0.15, -0.1) is 11.3 Å². The van der Waals surface area contributed by atoms with E-state index in [-0.39, 0.29) is 29.9 Å². The number of hydrogen-bond donors (Lipinski definition) is 1. The molecular formula is C11H17N3O3S2. The Balaban J connectivity index is 1.86. The minimum Gasteiger partial charge on any atom is -0.340 e. The molecule has 2 heterocycles. The highest BCUT2D eigenvalue weighted by Gasteiger charge is 2.26. The summed E-state index contributed by atoms with van der Waals surface area (Å²) in [7, 11) is -1.29. The standard InChI is InChI=1S/C11H17N3O3S2/c1-14(5-10-6-18-8-13-10)11(15)4-9-7-19(16,17)3-2-12-9/h6,8-9,12H,2-5,7H2,1H3. The number of nitrogens with zero attached hydrogens (tertiary/aromatic N) is 2. The van der Waals surface area contributed by atoms with Crippen molar-refractivity contribution in [1.29, 1.82) is 0 Å².